The fraction of sp³-hybridized carbons (Fsp3) is 0. The molecular formula is C18H13N6NaO6S2. The van der Waals surface area contributed by atoms with Gasteiger partial charge in [0, 0.05) is 10.8 Å². The van der Waals surface area contributed by atoms with Crippen molar-refractivity contribution < 1.29 is 56.1 Å². The summed E-state index contributed by atoms with van der Waals surface area (Å²) in [5.41, 5.74) is 2.53. The van der Waals surface area contributed by atoms with Crippen LogP contribution in [-0.4, -0.2) is 27.2 Å². The zero-order chi connectivity index (χ0) is 23.5. The number of nitrogens with zero attached hydrogens (tertiary/aromatic N) is 4. The standard InChI is InChI=1S/C18H14N6O6S2.Na/c19-10-17(22-21-11-5-7-12(8-6-11)31(20,26)27)23-24-18-14-4-2-1-3-13(14)16(9-15(18)25)32(28,29)30;/h1-9,21,25H,(H2,20,26,27)(H,28,29,30);/q;+1/p-1/b22-17-,24-23?;. The Balaban J connectivity index is 0.00000385. The minimum absolute atomic E-state index is 0. The van der Waals surface area contributed by atoms with E-state index in [1.165, 1.54) is 48.5 Å². The second kappa shape index (κ2) is 10.4. The molecule has 15 heteroatoms. The Hall–Kier alpha value is -2.90. The van der Waals surface area contributed by atoms with Crippen molar-refractivity contribution in [2.45, 2.75) is 9.79 Å². The van der Waals surface area contributed by atoms with E-state index >= 15 is 0 Å². The zero-order valence-electron chi connectivity index (χ0n) is 16.9. The smallest absolute Gasteiger partial charge is 0.871 e. The van der Waals surface area contributed by atoms with Crippen molar-refractivity contribution in [1.82, 2.24) is 0 Å². The van der Waals surface area contributed by atoms with Crippen molar-refractivity contribution in [2.24, 2.45) is 20.5 Å². The number of rotatable bonds is 5. The van der Waals surface area contributed by atoms with E-state index in [0.29, 0.717) is 11.8 Å². The van der Waals surface area contributed by atoms with Gasteiger partial charge >= 0.3 is 29.6 Å². The largest absolute Gasteiger partial charge is 1.00 e. The third-order valence-electron chi connectivity index (χ3n) is 4.04. The van der Waals surface area contributed by atoms with E-state index < -0.39 is 36.6 Å². The van der Waals surface area contributed by atoms with Gasteiger partial charge in [-0.15, -0.1) is 15.3 Å². The molecule has 12 nitrogen and oxygen atoms in total. The van der Waals surface area contributed by atoms with Crippen LogP contribution >= 0.6 is 0 Å². The third-order valence-corrected chi connectivity index (χ3v) is 5.86. The van der Waals surface area contributed by atoms with Crippen molar-refractivity contribution >= 4 is 48.1 Å². The molecule has 0 fully saturated rings. The Morgan fingerprint density at radius 2 is 1.67 bits per heavy atom. The summed E-state index contributed by atoms with van der Waals surface area (Å²) in [5, 5.41) is 37.8. The number of fused-ring (bicyclic) bond motifs is 1. The Morgan fingerprint density at radius 1 is 1.06 bits per heavy atom. The quantitative estimate of drug-likeness (QED) is 0.0977. The van der Waals surface area contributed by atoms with Crippen LogP contribution in [0.3, 0.4) is 0 Å². The maximum absolute atomic E-state index is 12.4. The average molecular weight is 496 g/mol. The molecule has 0 unspecified atom stereocenters. The van der Waals surface area contributed by atoms with Crippen LogP contribution in [0.4, 0.5) is 11.4 Å². The molecule has 0 spiro atoms. The number of benzene rings is 3. The number of azo groups is 1. The summed E-state index contributed by atoms with van der Waals surface area (Å²) in [7, 11) is -8.52. The number of hydrogen-bond donors (Lipinski definition) is 3. The molecule has 0 saturated carbocycles. The fourth-order valence-corrected chi connectivity index (χ4v) is 3.85. The molecule has 0 aliphatic rings. The van der Waals surface area contributed by atoms with Gasteiger partial charge in [0.05, 0.1) is 16.3 Å². The van der Waals surface area contributed by atoms with Gasteiger partial charge < -0.3 is 5.11 Å². The van der Waals surface area contributed by atoms with E-state index in [1.54, 1.807) is 6.07 Å². The Bertz CT molecular complexity index is 1510. The number of sulfonamides is 1. The second-order valence-corrected chi connectivity index (χ2v) is 9.12. The monoisotopic (exact) mass is 496 g/mol. The van der Waals surface area contributed by atoms with Gasteiger partial charge in [0.25, 0.3) is 16.0 Å². The molecule has 0 heterocycles. The number of nitriles is 1. The van der Waals surface area contributed by atoms with E-state index in [0.717, 1.165) is 0 Å². The van der Waals surface area contributed by atoms with Crippen LogP contribution < -0.4 is 45.2 Å². The SMILES string of the molecule is N#C/C(N=Nc1c([O-])cc(S(=O)(=O)O)c2ccccc12)=N/Nc1ccc(S(N)(=O)=O)cc1.[Na+]. The Labute approximate surface area is 210 Å². The van der Waals surface area contributed by atoms with E-state index in [2.05, 4.69) is 20.8 Å². The summed E-state index contributed by atoms with van der Waals surface area (Å²) in [5.74, 6) is -1.33. The van der Waals surface area contributed by atoms with Crippen LogP contribution in [0.5, 0.6) is 5.75 Å². The summed E-state index contributed by atoms with van der Waals surface area (Å²) < 4.78 is 55.0. The number of nitrogens with two attached hydrogens (primary N) is 1. The first kappa shape index (κ1) is 26.4. The maximum Gasteiger partial charge on any atom is 1.00 e. The number of anilines is 1. The molecule has 0 aliphatic carbocycles. The minimum atomic E-state index is -4.66. The fourth-order valence-electron chi connectivity index (χ4n) is 2.62. The normalized spacial score (nSPS) is 12.3. The molecule has 3 aromatic carbocycles. The molecule has 0 atom stereocenters. The predicted octanol–water partition coefficient (Wildman–Crippen LogP) is -1.16. The van der Waals surface area contributed by atoms with Gasteiger partial charge in [0.15, 0.2) is 0 Å². The van der Waals surface area contributed by atoms with Crippen LogP contribution in [0.15, 0.2) is 79.7 Å². The molecule has 0 aromatic heterocycles. The molecule has 0 amide bonds. The average Bonchev–Trinajstić information content (AvgIpc) is 2.73. The molecule has 0 radical (unpaired) electrons. The number of nitrogens with one attached hydrogen (secondary N) is 1. The Kier molecular flexibility index (Phi) is 8.27. The van der Waals surface area contributed by atoms with Crippen molar-refractivity contribution in [3.63, 3.8) is 0 Å². The van der Waals surface area contributed by atoms with Gasteiger partial charge in [-0.05, 0) is 30.3 Å². The maximum atomic E-state index is 12.4. The first-order chi connectivity index (χ1) is 15.0. The number of hydrazone groups is 1. The molecule has 0 saturated heterocycles. The van der Waals surface area contributed by atoms with Gasteiger partial charge in [-0.25, -0.2) is 13.6 Å². The molecule has 0 aliphatic heterocycles. The molecule has 3 rings (SSSR count). The van der Waals surface area contributed by atoms with Gasteiger partial charge in [0.1, 0.15) is 11.0 Å². The molecular weight excluding hydrogens is 483 g/mol. The summed E-state index contributed by atoms with van der Waals surface area (Å²) in [6.07, 6.45) is 0. The first-order valence-corrected chi connectivity index (χ1v) is 11.5. The van der Waals surface area contributed by atoms with Crippen LogP contribution in [0, 0.1) is 11.3 Å². The van der Waals surface area contributed by atoms with Crippen molar-refractivity contribution in [2.75, 3.05) is 5.43 Å². The number of primary sulfonamides is 1. The number of hydrogen-bond acceptors (Lipinski definition) is 9. The van der Waals surface area contributed by atoms with E-state index in [1.807, 2.05) is 0 Å². The predicted molar refractivity (Wildman–Crippen MR) is 112 cm³/mol. The third kappa shape index (κ3) is 6.33. The van der Waals surface area contributed by atoms with Crippen LogP contribution in [-0.2, 0) is 20.1 Å². The van der Waals surface area contributed by atoms with Gasteiger partial charge in [-0.2, -0.15) is 13.7 Å². The van der Waals surface area contributed by atoms with Gasteiger partial charge in [-0.3, -0.25) is 9.98 Å². The van der Waals surface area contributed by atoms with E-state index in [9.17, 15) is 31.8 Å². The second-order valence-electron chi connectivity index (χ2n) is 6.17. The van der Waals surface area contributed by atoms with E-state index in [4.69, 9.17) is 5.14 Å². The molecule has 0 bridgehead atoms. The zero-order valence-corrected chi connectivity index (χ0v) is 20.5. The molecule has 164 valence electrons. The topological polar surface area (TPSA) is 210 Å². The Morgan fingerprint density at radius 3 is 2.21 bits per heavy atom. The van der Waals surface area contributed by atoms with E-state index in [-0.39, 0.29) is 50.9 Å². The number of amidine groups is 1. The summed E-state index contributed by atoms with van der Waals surface area (Å²) in [6, 6.07) is 13.4. The van der Waals surface area contributed by atoms with Crippen molar-refractivity contribution in [3.05, 3.63) is 54.6 Å². The van der Waals surface area contributed by atoms with Crippen LogP contribution in [0.25, 0.3) is 10.8 Å². The van der Waals surface area contributed by atoms with Crippen LogP contribution in [0.2, 0.25) is 0 Å². The van der Waals surface area contributed by atoms with Crippen molar-refractivity contribution in [3.8, 4) is 11.8 Å². The van der Waals surface area contributed by atoms with Gasteiger partial charge in [-0.1, -0.05) is 30.0 Å². The van der Waals surface area contributed by atoms with Crippen LogP contribution in [0.1, 0.15) is 0 Å². The molecule has 33 heavy (non-hydrogen) atoms. The summed E-state index contributed by atoms with van der Waals surface area (Å²) in [4.78, 5) is -0.689. The first-order valence-electron chi connectivity index (χ1n) is 8.49. The molecule has 3 aromatic rings. The summed E-state index contributed by atoms with van der Waals surface area (Å²) >= 11 is 0. The summed E-state index contributed by atoms with van der Waals surface area (Å²) in [6.45, 7) is 0. The molecule has 4 N–H and O–H groups in total. The minimum Gasteiger partial charge on any atom is -0.871 e. The van der Waals surface area contributed by atoms with Gasteiger partial charge in [0.2, 0.25) is 10.0 Å². The van der Waals surface area contributed by atoms with Crippen molar-refractivity contribution in [1.29, 1.82) is 5.26 Å².